The quantitative estimate of drug-likeness (QED) is 0.118. The summed E-state index contributed by atoms with van der Waals surface area (Å²) in [7, 11) is 0. The number of hydrogen-bond acceptors (Lipinski definition) is 2. The third-order valence-corrected chi connectivity index (χ3v) is 9.98. The van der Waals surface area contributed by atoms with Crippen molar-refractivity contribution in [1.82, 2.24) is 15.2 Å². The highest BCUT2D eigenvalue weighted by atomic mass is 79.9. The smallest absolute Gasteiger partial charge is 0.253 e. The number of imidazole rings is 1. The molecule has 51 heavy (non-hydrogen) atoms. The number of nitrogens with zero attached hydrogens (tertiary/aromatic N) is 2. The summed E-state index contributed by atoms with van der Waals surface area (Å²) in [6.07, 6.45) is 4.43. The van der Waals surface area contributed by atoms with Gasteiger partial charge in [-0.25, -0.2) is 9.13 Å². The van der Waals surface area contributed by atoms with Gasteiger partial charge in [-0.2, -0.15) is 0 Å². The van der Waals surface area contributed by atoms with Crippen molar-refractivity contribution in [1.29, 1.82) is 0 Å². The minimum Gasteiger partial charge on any atom is -1.00 e. The second kappa shape index (κ2) is 16.8. The maximum absolute atomic E-state index is 4.04. The molecule has 7 aromatic rings. The summed E-state index contributed by atoms with van der Waals surface area (Å²) in [5.41, 5.74) is 6.37. The van der Waals surface area contributed by atoms with Gasteiger partial charge in [-0.3, -0.25) is 10.6 Å². The van der Waals surface area contributed by atoms with E-state index in [0.717, 1.165) is 26.2 Å². The summed E-state index contributed by atoms with van der Waals surface area (Å²) >= 11 is 0. The first-order chi connectivity index (χ1) is 24.7. The van der Waals surface area contributed by atoms with Gasteiger partial charge in [-0.1, -0.05) is 182 Å². The first-order valence-electron chi connectivity index (χ1n) is 17.6. The zero-order chi connectivity index (χ0) is 34.1. The van der Waals surface area contributed by atoms with Crippen molar-refractivity contribution in [3.63, 3.8) is 0 Å². The van der Waals surface area contributed by atoms with Gasteiger partial charge in [-0.15, -0.1) is 0 Å². The minimum absolute atomic E-state index is 0. The summed E-state index contributed by atoms with van der Waals surface area (Å²) in [5.74, 6) is 1.23. The highest BCUT2D eigenvalue weighted by Gasteiger charge is 2.37. The van der Waals surface area contributed by atoms with Gasteiger partial charge in [0.05, 0.1) is 11.1 Å². The van der Waals surface area contributed by atoms with Crippen LogP contribution in [0, 0.1) is 6.92 Å². The van der Waals surface area contributed by atoms with Crippen molar-refractivity contribution < 1.29 is 21.5 Å². The molecule has 6 aromatic carbocycles. The molecule has 256 valence electrons. The number of benzene rings is 6. The summed E-state index contributed by atoms with van der Waals surface area (Å²) in [6, 6.07) is 64.9. The van der Waals surface area contributed by atoms with Crippen LogP contribution >= 0.6 is 0 Å². The Morgan fingerprint density at radius 3 is 1.06 bits per heavy atom. The predicted molar refractivity (Wildman–Crippen MR) is 204 cm³/mol. The monoisotopic (exact) mass is 732 g/mol. The van der Waals surface area contributed by atoms with Gasteiger partial charge in [0, 0.05) is 20.0 Å². The molecule has 5 heteroatoms. The van der Waals surface area contributed by atoms with Gasteiger partial charge in [0.1, 0.15) is 25.5 Å². The molecule has 1 heterocycles. The SMILES string of the molecule is Cc1n(CCNC(c2ccccc2)(c2ccccc2)c2ccccc2)cc[n+]1CCNC(c1ccccc1)(c1ccccc1)c1ccccc1.[Br-]. The number of nitrogens with one attached hydrogen (secondary N) is 2. The van der Waals surface area contributed by atoms with E-state index in [4.69, 9.17) is 0 Å². The Morgan fingerprint density at radius 2 is 0.745 bits per heavy atom. The molecule has 2 N–H and O–H groups in total. The molecule has 0 radical (unpaired) electrons. The highest BCUT2D eigenvalue weighted by molar-refractivity contribution is 5.50. The molecule has 1 aromatic heterocycles. The molecule has 0 bridgehead atoms. The Labute approximate surface area is 313 Å². The second-order valence-corrected chi connectivity index (χ2v) is 12.8. The van der Waals surface area contributed by atoms with E-state index in [1.54, 1.807) is 0 Å². The molecule has 0 atom stereocenters. The van der Waals surface area contributed by atoms with Gasteiger partial charge in [0.2, 0.25) is 0 Å². The van der Waals surface area contributed by atoms with Crippen molar-refractivity contribution in [2.45, 2.75) is 31.1 Å². The molecule has 4 nitrogen and oxygen atoms in total. The lowest BCUT2D eigenvalue weighted by Crippen LogP contribution is -3.00. The van der Waals surface area contributed by atoms with Crippen LogP contribution in [0.3, 0.4) is 0 Å². The molecular formula is C46H45BrN4. The van der Waals surface area contributed by atoms with Crippen molar-refractivity contribution in [3.05, 3.63) is 234 Å². The van der Waals surface area contributed by atoms with Gasteiger partial charge < -0.3 is 17.0 Å². The Kier molecular flexibility index (Phi) is 11.7. The zero-order valence-corrected chi connectivity index (χ0v) is 30.7. The summed E-state index contributed by atoms with van der Waals surface area (Å²) in [5, 5.41) is 8.08. The molecule has 0 aliphatic rings. The fourth-order valence-corrected chi connectivity index (χ4v) is 7.48. The molecule has 0 saturated carbocycles. The van der Waals surface area contributed by atoms with E-state index in [9.17, 15) is 0 Å². The number of hydrogen-bond donors (Lipinski definition) is 2. The number of halogens is 1. The summed E-state index contributed by atoms with van der Waals surface area (Å²) < 4.78 is 4.72. The van der Waals surface area contributed by atoms with Crippen molar-refractivity contribution in [2.75, 3.05) is 13.1 Å². The molecule has 0 fully saturated rings. The third-order valence-electron chi connectivity index (χ3n) is 9.98. The Bertz CT molecular complexity index is 1710. The lowest BCUT2D eigenvalue weighted by Gasteiger charge is -2.37. The van der Waals surface area contributed by atoms with Crippen molar-refractivity contribution in [3.8, 4) is 0 Å². The van der Waals surface area contributed by atoms with Crippen LogP contribution in [0.25, 0.3) is 0 Å². The Morgan fingerprint density at radius 1 is 0.451 bits per heavy atom. The van der Waals surface area contributed by atoms with Crippen LogP contribution in [-0.4, -0.2) is 17.7 Å². The van der Waals surface area contributed by atoms with Gasteiger partial charge in [-0.05, 0) is 33.4 Å². The fourth-order valence-electron chi connectivity index (χ4n) is 7.48. The second-order valence-electron chi connectivity index (χ2n) is 12.8. The zero-order valence-electron chi connectivity index (χ0n) is 29.1. The van der Waals surface area contributed by atoms with E-state index < -0.39 is 11.1 Å². The third kappa shape index (κ3) is 7.38. The topological polar surface area (TPSA) is 32.9 Å². The van der Waals surface area contributed by atoms with E-state index in [1.807, 2.05) is 0 Å². The van der Waals surface area contributed by atoms with Crippen LogP contribution < -0.4 is 32.2 Å². The summed E-state index contributed by atoms with van der Waals surface area (Å²) in [6.45, 7) is 5.46. The molecule has 0 aliphatic carbocycles. The van der Waals surface area contributed by atoms with E-state index in [0.29, 0.717) is 0 Å². The molecule has 0 spiro atoms. The van der Waals surface area contributed by atoms with Gasteiger partial charge >= 0.3 is 0 Å². The average Bonchev–Trinajstić information content (AvgIpc) is 3.55. The van der Waals surface area contributed by atoms with Crippen LogP contribution in [-0.2, 0) is 24.2 Å². The van der Waals surface area contributed by atoms with Crippen molar-refractivity contribution in [2.24, 2.45) is 0 Å². The molecule has 0 amide bonds. The van der Waals surface area contributed by atoms with Crippen LogP contribution in [0.15, 0.2) is 194 Å². The minimum atomic E-state index is -0.486. The maximum atomic E-state index is 4.04. The molecule has 0 unspecified atom stereocenters. The molecule has 0 saturated heterocycles. The van der Waals surface area contributed by atoms with E-state index in [2.05, 4.69) is 221 Å². The van der Waals surface area contributed by atoms with Crippen LogP contribution in [0.1, 0.15) is 39.2 Å². The van der Waals surface area contributed by atoms with Gasteiger partial charge in [0.25, 0.3) is 5.82 Å². The number of rotatable bonds is 14. The van der Waals surface area contributed by atoms with Crippen LogP contribution in [0.2, 0.25) is 0 Å². The highest BCUT2D eigenvalue weighted by Crippen LogP contribution is 2.38. The Hall–Kier alpha value is -5.07. The molecular weight excluding hydrogens is 688 g/mol. The normalized spacial score (nSPS) is 11.5. The maximum Gasteiger partial charge on any atom is 0.253 e. The lowest BCUT2D eigenvalue weighted by molar-refractivity contribution is -0.700. The standard InChI is InChI=1S/C46H45N4.BrH/c1-38-49(34-32-47-45(39-20-8-2-9-21-39,40-22-10-3-11-23-40)41-24-12-4-13-25-41)36-37-50(38)35-33-48-46(42-26-14-5-15-27-42,43-28-16-6-17-29-43)44-30-18-7-19-31-44;/h2-31,36-37,47-48H,32-35H2,1H3;1H/q+1;/p-1. The first-order valence-corrected chi connectivity index (χ1v) is 17.6. The van der Waals surface area contributed by atoms with Crippen LogP contribution in [0.4, 0.5) is 0 Å². The van der Waals surface area contributed by atoms with Crippen molar-refractivity contribution >= 4 is 0 Å². The van der Waals surface area contributed by atoms with Gasteiger partial charge in [0.15, 0.2) is 0 Å². The summed E-state index contributed by atoms with van der Waals surface area (Å²) in [4.78, 5) is 0. The fraction of sp³-hybridized carbons (Fsp3) is 0.152. The van der Waals surface area contributed by atoms with E-state index in [1.165, 1.54) is 39.2 Å². The van der Waals surface area contributed by atoms with Crippen LogP contribution in [0.5, 0.6) is 0 Å². The average molecular weight is 734 g/mol. The molecule has 0 aliphatic heterocycles. The largest absolute Gasteiger partial charge is 1.00 e. The number of aromatic nitrogens is 2. The lowest BCUT2D eigenvalue weighted by atomic mass is 9.77. The van der Waals surface area contributed by atoms with E-state index in [-0.39, 0.29) is 17.0 Å². The predicted octanol–water partition coefficient (Wildman–Crippen LogP) is 5.25. The van der Waals surface area contributed by atoms with E-state index >= 15 is 0 Å². The molecule has 7 rings (SSSR count). The first kappa shape index (κ1) is 35.7. The Balaban J connectivity index is 0.00000448.